The fraction of sp³-hybridized carbons (Fsp3) is 1.00. The number of nitrogens with one attached hydrogen (secondary N) is 1. The lowest BCUT2D eigenvalue weighted by Gasteiger charge is -2.30. The van der Waals surface area contributed by atoms with E-state index in [1.807, 2.05) is 0 Å². The molecule has 0 heterocycles. The van der Waals surface area contributed by atoms with Crippen LogP contribution in [-0.4, -0.2) is 36.6 Å². The Kier molecular flexibility index (Phi) is 7.14. The summed E-state index contributed by atoms with van der Waals surface area (Å²) in [5.41, 5.74) is 0. The first kappa shape index (κ1) is 15.0. The predicted octanol–water partition coefficient (Wildman–Crippen LogP) is 3.28. The van der Waals surface area contributed by atoms with E-state index in [1.54, 1.807) is 0 Å². The molecule has 2 nitrogen and oxygen atoms in total. The highest BCUT2D eigenvalue weighted by molar-refractivity contribution is 4.80. The zero-order valence-electron chi connectivity index (χ0n) is 12.3. The monoisotopic (exact) mass is 240 g/mol. The molecule has 0 aromatic carbocycles. The molecular weight excluding hydrogens is 208 g/mol. The van der Waals surface area contributed by atoms with Crippen LogP contribution in [0.2, 0.25) is 0 Å². The molecule has 17 heavy (non-hydrogen) atoms. The van der Waals surface area contributed by atoms with Crippen molar-refractivity contribution >= 4 is 0 Å². The van der Waals surface area contributed by atoms with Crippen molar-refractivity contribution < 1.29 is 0 Å². The van der Waals surface area contributed by atoms with Crippen molar-refractivity contribution in [1.29, 1.82) is 0 Å². The lowest BCUT2D eigenvalue weighted by atomic mass is 10.1. The van der Waals surface area contributed by atoms with Crippen LogP contribution in [-0.2, 0) is 0 Å². The first-order valence-corrected chi connectivity index (χ1v) is 7.64. The molecule has 0 bridgehead atoms. The number of nitrogens with zero attached hydrogens (tertiary/aromatic N) is 1. The van der Waals surface area contributed by atoms with Gasteiger partial charge < -0.3 is 5.32 Å². The molecule has 1 aliphatic carbocycles. The maximum absolute atomic E-state index is 3.67. The highest BCUT2D eigenvalue weighted by Gasteiger charge is 2.26. The van der Waals surface area contributed by atoms with Gasteiger partial charge in [0.1, 0.15) is 0 Å². The van der Waals surface area contributed by atoms with Crippen molar-refractivity contribution in [3.8, 4) is 0 Å². The first-order valence-electron chi connectivity index (χ1n) is 7.64. The molecule has 0 radical (unpaired) electrons. The topological polar surface area (TPSA) is 15.3 Å². The summed E-state index contributed by atoms with van der Waals surface area (Å²) in [6.07, 6.45) is 6.78. The molecule has 0 aromatic rings. The lowest BCUT2D eigenvalue weighted by molar-refractivity contribution is 0.192. The molecule has 0 spiro atoms. The van der Waals surface area contributed by atoms with Gasteiger partial charge in [-0.2, -0.15) is 0 Å². The fourth-order valence-electron chi connectivity index (χ4n) is 2.45. The maximum atomic E-state index is 3.67. The van der Waals surface area contributed by atoms with Gasteiger partial charge in [0.25, 0.3) is 0 Å². The second kappa shape index (κ2) is 8.10. The molecule has 2 atom stereocenters. The predicted molar refractivity (Wildman–Crippen MR) is 76.4 cm³/mol. The largest absolute Gasteiger partial charge is 0.313 e. The number of hydrogen-bond donors (Lipinski definition) is 1. The Morgan fingerprint density at radius 2 is 1.88 bits per heavy atom. The molecule has 0 aromatic heterocycles. The van der Waals surface area contributed by atoms with Gasteiger partial charge in [-0.25, -0.2) is 0 Å². The van der Waals surface area contributed by atoms with Gasteiger partial charge in [-0.3, -0.25) is 4.90 Å². The minimum absolute atomic E-state index is 0.673. The van der Waals surface area contributed by atoms with Gasteiger partial charge >= 0.3 is 0 Å². The van der Waals surface area contributed by atoms with E-state index in [2.05, 4.69) is 37.9 Å². The summed E-state index contributed by atoms with van der Waals surface area (Å²) < 4.78 is 0. The van der Waals surface area contributed by atoms with E-state index in [-0.39, 0.29) is 0 Å². The van der Waals surface area contributed by atoms with E-state index in [0.717, 1.165) is 12.5 Å². The van der Waals surface area contributed by atoms with Crippen molar-refractivity contribution in [3.63, 3.8) is 0 Å². The number of rotatable bonds is 10. The van der Waals surface area contributed by atoms with Crippen LogP contribution in [0.3, 0.4) is 0 Å². The quantitative estimate of drug-likeness (QED) is 0.630. The Morgan fingerprint density at radius 1 is 1.18 bits per heavy atom. The van der Waals surface area contributed by atoms with E-state index in [9.17, 15) is 0 Å². The molecule has 1 saturated carbocycles. The third-order valence-corrected chi connectivity index (χ3v) is 3.81. The van der Waals surface area contributed by atoms with Crippen molar-refractivity contribution in [2.75, 3.05) is 19.6 Å². The molecule has 0 amide bonds. The summed E-state index contributed by atoms with van der Waals surface area (Å²) in [5, 5.41) is 3.67. The van der Waals surface area contributed by atoms with Crippen LogP contribution >= 0.6 is 0 Å². The molecule has 1 fully saturated rings. The van der Waals surface area contributed by atoms with Gasteiger partial charge in [-0.15, -0.1) is 0 Å². The molecule has 1 aliphatic rings. The van der Waals surface area contributed by atoms with Crippen LogP contribution in [0, 0.1) is 5.92 Å². The standard InChI is InChI=1S/C15H32N2/c1-5-7-13(3)16-11-14(4)17(10-6-2)12-15-8-9-15/h13-16H,5-12H2,1-4H3. The smallest absolute Gasteiger partial charge is 0.0192 e. The number of hydrogen-bond acceptors (Lipinski definition) is 2. The summed E-state index contributed by atoms with van der Waals surface area (Å²) in [6.45, 7) is 13.0. The second-order valence-corrected chi connectivity index (χ2v) is 5.89. The van der Waals surface area contributed by atoms with Gasteiger partial charge in [0.05, 0.1) is 0 Å². The van der Waals surface area contributed by atoms with Crippen LogP contribution < -0.4 is 5.32 Å². The molecule has 0 saturated heterocycles. The van der Waals surface area contributed by atoms with Gasteiger partial charge in [0.2, 0.25) is 0 Å². The van der Waals surface area contributed by atoms with Crippen molar-refractivity contribution in [3.05, 3.63) is 0 Å². The Balaban J connectivity index is 2.22. The average molecular weight is 240 g/mol. The van der Waals surface area contributed by atoms with Crippen molar-refractivity contribution in [1.82, 2.24) is 10.2 Å². The Labute approximate surface area is 108 Å². The van der Waals surface area contributed by atoms with E-state index >= 15 is 0 Å². The third kappa shape index (κ3) is 6.42. The summed E-state index contributed by atoms with van der Waals surface area (Å²) >= 11 is 0. The summed E-state index contributed by atoms with van der Waals surface area (Å²) in [5.74, 6) is 1.01. The minimum Gasteiger partial charge on any atom is -0.313 e. The van der Waals surface area contributed by atoms with Crippen LogP contribution in [0.15, 0.2) is 0 Å². The van der Waals surface area contributed by atoms with Gasteiger partial charge in [-0.05, 0) is 52.0 Å². The van der Waals surface area contributed by atoms with E-state index < -0.39 is 0 Å². The maximum Gasteiger partial charge on any atom is 0.0192 e. The van der Waals surface area contributed by atoms with Crippen LogP contribution in [0.25, 0.3) is 0 Å². The average Bonchev–Trinajstić information content (AvgIpc) is 3.09. The summed E-state index contributed by atoms with van der Waals surface area (Å²) in [7, 11) is 0. The zero-order valence-corrected chi connectivity index (χ0v) is 12.3. The second-order valence-electron chi connectivity index (χ2n) is 5.89. The van der Waals surface area contributed by atoms with E-state index in [1.165, 1.54) is 45.2 Å². The normalized spacial score (nSPS) is 19.6. The van der Waals surface area contributed by atoms with Gasteiger partial charge in [0.15, 0.2) is 0 Å². The molecule has 0 aliphatic heterocycles. The highest BCUT2D eigenvalue weighted by Crippen LogP contribution is 2.30. The fourth-order valence-corrected chi connectivity index (χ4v) is 2.45. The van der Waals surface area contributed by atoms with Crippen molar-refractivity contribution in [2.45, 2.75) is 71.9 Å². The van der Waals surface area contributed by atoms with Crippen LogP contribution in [0.5, 0.6) is 0 Å². The van der Waals surface area contributed by atoms with E-state index in [4.69, 9.17) is 0 Å². The van der Waals surface area contributed by atoms with Gasteiger partial charge in [0, 0.05) is 25.2 Å². The first-order chi connectivity index (χ1) is 8.17. The Bertz CT molecular complexity index is 189. The van der Waals surface area contributed by atoms with Gasteiger partial charge in [-0.1, -0.05) is 20.3 Å². The summed E-state index contributed by atoms with van der Waals surface area (Å²) in [6, 6.07) is 1.36. The molecular formula is C15H32N2. The summed E-state index contributed by atoms with van der Waals surface area (Å²) in [4.78, 5) is 2.68. The Morgan fingerprint density at radius 3 is 2.41 bits per heavy atom. The SMILES string of the molecule is CCCC(C)NCC(C)N(CCC)CC1CC1. The molecule has 1 N–H and O–H groups in total. The van der Waals surface area contributed by atoms with Crippen LogP contribution in [0.1, 0.15) is 59.8 Å². The van der Waals surface area contributed by atoms with Crippen molar-refractivity contribution in [2.24, 2.45) is 5.92 Å². The highest BCUT2D eigenvalue weighted by atomic mass is 15.2. The van der Waals surface area contributed by atoms with E-state index in [0.29, 0.717) is 12.1 Å². The minimum atomic E-state index is 0.673. The third-order valence-electron chi connectivity index (χ3n) is 3.81. The molecule has 2 heteroatoms. The molecule has 1 rings (SSSR count). The Hall–Kier alpha value is -0.0800. The van der Waals surface area contributed by atoms with Crippen LogP contribution in [0.4, 0.5) is 0 Å². The molecule has 102 valence electrons. The zero-order chi connectivity index (χ0) is 12.7. The lowest BCUT2D eigenvalue weighted by Crippen LogP contribution is -2.44. The molecule has 2 unspecified atom stereocenters.